The summed E-state index contributed by atoms with van der Waals surface area (Å²) in [6.07, 6.45) is 3.64. The van der Waals surface area contributed by atoms with Gasteiger partial charge in [-0.05, 0) is 32.1 Å². The van der Waals surface area contributed by atoms with Gasteiger partial charge in [0, 0.05) is 44.9 Å². The Balaban J connectivity index is 0.00000242. The van der Waals surface area contributed by atoms with Crippen molar-refractivity contribution in [3.05, 3.63) is 0 Å². The highest BCUT2D eigenvalue weighted by atomic mass is 127. The highest BCUT2D eigenvalue weighted by molar-refractivity contribution is 14.0. The number of nitrogens with one attached hydrogen (secondary N) is 2. The van der Waals surface area contributed by atoms with E-state index in [1.165, 1.54) is 0 Å². The number of hydrogen-bond donors (Lipinski definition) is 2. The van der Waals surface area contributed by atoms with Crippen molar-refractivity contribution in [1.29, 1.82) is 0 Å². The van der Waals surface area contributed by atoms with Crippen LogP contribution in [-0.4, -0.2) is 51.5 Å². The van der Waals surface area contributed by atoms with Gasteiger partial charge < -0.3 is 20.1 Å². The summed E-state index contributed by atoms with van der Waals surface area (Å²) in [6, 6.07) is 0.426. The van der Waals surface area contributed by atoms with E-state index in [4.69, 9.17) is 14.5 Å². The molecule has 0 bridgehead atoms. The Bertz CT molecular complexity index is 357. The number of nitrogens with zero attached hydrogens (tertiary/aromatic N) is 1. The van der Waals surface area contributed by atoms with Gasteiger partial charge in [-0.1, -0.05) is 13.8 Å². The second-order valence-electron chi connectivity index (χ2n) is 6.75. The summed E-state index contributed by atoms with van der Waals surface area (Å²) in [5.74, 6) is 1.60. The molecule has 2 fully saturated rings. The van der Waals surface area contributed by atoms with E-state index in [-0.39, 0.29) is 29.4 Å². The molecule has 2 unspecified atom stereocenters. The van der Waals surface area contributed by atoms with Crippen LogP contribution in [-0.2, 0) is 9.47 Å². The minimum Gasteiger partial charge on any atom is -0.381 e. The number of guanidine groups is 1. The van der Waals surface area contributed by atoms with E-state index in [0.29, 0.717) is 18.1 Å². The van der Waals surface area contributed by atoms with Gasteiger partial charge in [-0.25, -0.2) is 0 Å². The number of halogens is 1. The molecular formula is C16H32IN3O2. The van der Waals surface area contributed by atoms with Gasteiger partial charge in [-0.15, -0.1) is 24.0 Å². The van der Waals surface area contributed by atoms with Gasteiger partial charge in [-0.3, -0.25) is 4.99 Å². The van der Waals surface area contributed by atoms with Crippen molar-refractivity contribution in [3.8, 4) is 0 Å². The van der Waals surface area contributed by atoms with Crippen LogP contribution in [0.4, 0.5) is 0 Å². The molecule has 1 saturated heterocycles. The first-order valence-electron chi connectivity index (χ1n) is 8.23. The van der Waals surface area contributed by atoms with Crippen LogP contribution >= 0.6 is 24.0 Å². The molecule has 1 aliphatic heterocycles. The van der Waals surface area contributed by atoms with E-state index in [1.807, 2.05) is 0 Å². The smallest absolute Gasteiger partial charge is 0.191 e. The Labute approximate surface area is 152 Å². The lowest BCUT2D eigenvalue weighted by molar-refractivity contribution is -0.0922. The average molecular weight is 425 g/mol. The van der Waals surface area contributed by atoms with Crippen LogP contribution in [0, 0.1) is 11.3 Å². The van der Waals surface area contributed by atoms with Crippen LogP contribution in [0.25, 0.3) is 0 Å². The third-order valence-electron chi connectivity index (χ3n) is 4.97. The van der Waals surface area contributed by atoms with E-state index in [9.17, 15) is 0 Å². The third-order valence-corrected chi connectivity index (χ3v) is 4.97. The maximum Gasteiger partial charge on any atom is 0.191 e. The summed E-state index contributed by atoms with van der Waals surface area (Å²) >= 11 is 0. The summed E-state index contributed by atoms with van der Waals surface area (Å²) in [7, 11) is 1.80. The number of aliphatic imine (C=N–C) groups is 1. The molecule has 6 heteroatoms. The Hall–Kier alpha value is -0.0800. The standard InChI is InChI=1S/C16H31N3O2.HI/c1-5-17-15(18-11-12-6-8-21-9-7-12)19-13-10-14(20-4)16(13,2)3;/h12-14H,5-11H2,1-4H3,(H2,17,18,19);1H. The van der Waals surface area contributed by atoms with E-state index in [2.05, 4.69) is 31.4 Å². The van der Waals surface area contributed by atoms with Crippen LogP contribution in [0.5, 0.6) is 0 Å². The lowest BCUT2D eigenvalue weighted by Gasteiger charge is -2.51. The number of rotatable bonds is 5. The molecule has 0 radical (unpaired) electrons. The molecule has 0 aromatic heterocycles. The van der Waals surface area contributed by atoms with Crippen molar-refractivity contribution >= 4 is 29.9 Å². The Morgan fingerprint density at radius 1 is 1.32 bits per heavy atom. The van der Waals surface area contributed by atoms with Crippen molar-refractivity contribution in [2.75, 3.05) is 33.4 Å². The summed E-state index contributed by atoms with van der Waals surface area (Å²) in [6.45, 7) is 10.2. The first-order chi connectivity index (χ1) is 10.1. The molecule has 5 nitrogen and oxygen atoms in total. The lowest BCUT2D eigenvalue weighted by atomic mass is 9.64. The molecule has 1 aliphatic carbocycles. The monoisotopic (exact) mass is 425 g/mol. The van der Waals surface area contributed by atoms with Gasteiger partial charge >= 0.3 is 0 Å². The predicted octanol–water partition coefficient (Wildman–Crippen LogP) is 2.40. The van der Waals surface area contributed by atoms with Crippen LogP contribution in [0.1, 0.15) is 40.0 Å². The van der Waals surface area contributed by atoms with E-state index < -0.39 is 0 Å². The lowest BCUT2D eigenvalue weighted by Crippen LogP contribution is -2.63. The highest BCUT2D eigenvalue weighted by Gasteiger charge is 2.48. The molecule has 0 aromatic rings. The number of hydrogen-bond acceptors (Lipinski definition) is 3. The zero-order valence-corrected chi connectivity index (χ0v) is 16.7. The van der Waals surface area contributed by atoms with Crippen molar-refractivity contribution in [3.63, 3.8) is 0 Å². The zero-order chi connectivity index (χ0) is 15.3. The minimum absolute atomic E-state index is 0. The van der Waals surface area contributed by atoms with Crippen molar-refractivity contribution in [1.82, 2.24) is 10.6 Å². The minimum atomic E-state index is 0. The fourth-order valence-corrected chi connectivity index (χ4v) is 3.16. The largest absolute Gasteiger partial charge is 0.381 e. The summed E-state index contributed by atoms with van der Waals surface area (Å²) < 4.78 is 10.9. The normalized spacial score (nSPS) is 28.5. The summed E-state index contributed by atoms with van der Waals surface area (Å²) in [4.78, 5) is 4.77. The second-order valence-corrected chi connectivity index (χ2v) is 6.75. The Morgan fingerprint density at radius 2 is 2.00 bits per heavy atom. The van der Waals surface area contributed by atoms with Gasteiger partial charge in [0.05, 0.1) is 6.10 Å². The molecule has 130 valence electrons. The van der Waals surface area contributed by atoms with Gasteiger partial charge in [-0.2, -0.15) is 0 Å². The molecule has 22 heavy (non-hydrogen) atoms. The highest BCUT2D eigenvalue weighted by Crippen LogP contribution is 2.42. The van der Waals surface area contributed by atoms with E-state index in [0.717, 1.165) is 51.5 Å². The summed E-state index contributed by atoms with van der Waals surface area (Å²) in [5, 5.41) is 6.93. The quantitative estimate of drug-likeness (QED) is 0.404. The van der Waals surface area contributed by atoms with Crippen LogP contribution in [0.2, 0.25) is 0 Å². The number of methoxy groups -OCH3 is 1. The Morgan fingerprint density at radius 3 is 2.55 bits per heavy atom. The SMILES string of the molecule is CCNC(=NCC1CCOCC1)NC1CC(OC)C1(C)C.I. The van der Waals surface area contributed by atoms with Crippen LogP contribution < -0.4 is 10.6 Å². The zero-order valence-electron chi connectivity index (χ0n) is 14.4. The van der Waals surface area contributed by atoms with E-state index >= 15 is 0 Å². The fourth-order valence-electron chi connectivity index (χ4n) is 3.16. The molecule has 1 heterocycles. The maximum atomic E-state index is 5.51. The average Bonchev–Trinajstić information content (AvgIpc) is 2.49. The van der Waals surface area contributed by atoms with Crippen LogP contribution in [0.15, 0.2) is 4.99 Å². The third kappa shape index (κ3) is 4.96. The topological polar surface area (TPSA) is 54.9 Å². The van der Waals surface area contributed by atoms with Crippen molar-refractivity contribution in [2.45, 2.75) is 52.2 Å². The van der Waals surface area contributed by atoms with Crippen molar-refractivity contribution < 1.29 is 9.47 Å². The molecule has 0 amide bonds. The molecule has 2 atom stereocenters. The fraction of sp³-hybridized carbons (Fsp3) is 0.938. The summed E-state index contributed by atoms with van der Waals surface area (Å²) in [5.41, 5.74) is 0.156. The molecule has 2 rings (SSSR count). The van der Waals surface area contributed by atoms with Crippen molar-refractivity contribution in [2.24, 2.45) is 16.3 Å². The molecule has 2 N–H and O–H groups in total. The van der Waals surface area contributed by atoms with E-state index in [1.54, 1.807) is 7.11 Å². The molecule has 0 aromatic carbocycles. The van der Waals surface area contributed by atoms with Gasteiger partial charge in [0.1, 0.15) is 0 Å². The maximum absolute atomic E-state index is 5.51. The van der Waals surface area contributed by atoms with Crippen LogP contribution in [0.3, 0.4) is 0 Å². The molecule has 1 saturated carbocycles. The van der Waals surface area contributed by atoms with Gasteiger partial charge in [0.2, 0.25) is 0 Å². The first kappa shape index (κ1) is 20.0. The number of ether oxygens (including phenoxy) is 2. The first-order valence-corrected chi connectivity index (χ1v) is 8.23. The molecule has 2 aliphatic rings. The predicted molar refractivity (Wildman–Crippen MR) is 101 cm³/mol. The molecule has 0 spiro atoms. The molecular weight excluding hydrogens is 393 g/mol. The Kier molecular flexibility index (Phi) is 8.42. The van der Waals surface area contributed by atoms with Gasteiger partial charge in [0.15, 0.2) is 5.96 Å². The second kappa shape index (κ2) is 9.27. The van der Waals surface area contributed by atoms with Gasteiger partial charge in [0.25, 0.3) is 0 Å².